The molecule has 0 aromatic heterocycles. The van der Waals surface area contributed by atoms with Crippen LogP contribution in [0.2, 0.25) is 0 Å². The molecule has 0 saturated carbocycles. The highest BCUT2D eigenvalue weighted by molar-refractivity contribution is 5.81. The predicted molar refractivity (Wildman–Crippen MR) is 79.2 cm³/mol. The number of amides is 1. The lowest BCUT2D eigenvalue weighted by Gasteiger charge is -2.35. The largest absolute Gasteiger partial charge is 0.496 e. The van der Waals surface area contributed by atoms with Crippen LogP contribution in [-0.2, 0) is 9.53 Å². The number of nitrogens with zero attached hydrogens (tertiary/aromatic N) is 1. The molecule has 2 fully saturated rings. The topological polar surface area (TPSA) is 50.8 Å². The average Bonchev–Trinajstić information content (AvgIpc) is 2.90. The van der Waals surface area contributed by atoms with Crippen molar-refractivity contribution in [2.45, 2.75) is 32.0 Å². The first kappa shape index (κ1) is 14.4. The molecule has 1 N–H and O–H groups in total. The standard InChI is InChI=1S/C16H22N2O3/c1-11-9-12(3-4-14(11)20-2)16-17-10-15(19)18(16)13-5-7-21-8-6-13/h3-4,9,13,16-17H,5-8,10H2,1-2H3. The van der Waals surface area contributed by atoms with Gasteiger partial charge in [-0.05, 0) is 43.0 Å². The summed E-state index contributed by atoms with van der Waals surface area (Å²) in [7, 11) is 1.67. The number of hydrogen-bond donors (Lipinski definition) is 1. The Kier molecular flexibility index (Phi) is 4.12. The Morgan fingerprint density at radius 1 is 1.33 bits per heavy atom. The summed E-state index contributed by atoms with van der Waals surface area (Å²) < 4.78 is 10.7. The summed E-state index contributed by atoms with van der Waals surface area (Å²) in [5, 5.41) is 3.33. The Morgan fingerprint density at radius 2 is 2.10 bits per heavy atom. The molecule has 21 heavy (non-hydrogen) atoms. The fourth-order valence-corrected chi connectivity index (χ4v) is 3.25. The third kappa shape index (κ3) is 2.76. The highest BCUT2D eigenvalue weighted by Gasteiger charge is 2.37. The second kappa shape index (κ2) is 6.03. The van der Waals surface area contributed by atoms with E-state index in [1.54, 1.807) is 7.11 Å². The Labute approximate surface area is 125 Å². The molecule has 2 aliphatic rings. The number of aryl methyl sites for hydroxylation is 1. The van der Waals surface area contributed by atoms with Crippen LogP contribution in [-0.4, -0.2) is 43.7 Å². The highest BCUT2D eigenvalue weighted by Crippen LogP contribution is 2.31. The molecule has 1 aromatic rings. The Balaban J connectivity index is 1.85. The number of hydrogen-bond acceptors (Lipinski definition) is 4. The smallest absolute Gasteiger partial charge is 0.238 e. The fraction of sp³-hybridized carbons (Fsp3) is 0.562. The van der Waals surface area contributed by atoms with Crippen LogP contribution in [0.1, 0.15) is 30.1 Å². The number of rotatable bonds is 3. The molecule has 0 aliphatic carbocycles. The van der Waals surface area contributed by atoms with Gasteiger partial charge in [0, 0.05) is 19.3 Å². The maximum atomic E-state index is 12.3. The van der Waals surface area contributed by atoms with Crippen LogP contribution < -0.4 is 10.1 Å². The van der Waals surface area contributed by atoms with Crippen molar-refractivity contribution in [1.82, 2.24) is 10.2 Å². The zero-order chi connectivity index (χ0) is 14.8. The van der Waals surface area contributed by atoms with Crippen molar-refractivity contribution in [3.8, 4) is 5.75 Å². The van der Waals surface area contributed by atoms with Crippen molar-refractivity contribution < 1.29 is 14.3 Å². The van der Waals surface area contributed by atoms with Gasteiger partial charge in [0.1, 0.15) is 11.9 Å². The van der Waals surface area contributed by atoms with Crippen molar-refractivity contribution >= 4 is 5.91 Å². The molecule has 2 heterocycles. The van der Waals surface area contributed by atoms with Gasteiger partial charge < -0.3 is 14.4 Å². The lowest BCUT2D eigenvalue weighted by molar-refractivity contribution is -0.132. The molecule has 0 radical (unpaired) electrons. The molecule has 1 atom stereocenters. The number of carbonyl (C=O) groups excluding carboxylic acids is 1. The molecular weight excluding hydrogens is 268 g/mol. The first-order valence-corrected chi connectivity index (χ1v) is 7.47. The quantitative estimate of drug-likeness (QED) is 0.919. The minimum atomic E-state index is -0.0368. The SMILES string of the molecule is COc1ccc(C2NCC(=O)N2C2CCOCC2)cc1C. The van der Waals surface area contributed by atoms with E-state index < -0.39 is 0 Å². The van der Waals surface area contributed by atoms with E-state index >= 15 is 0 Å². The fourth-order valence-electron chi connectivity index (χ4n) is 3.25. The monoisotopic (exact) mass is 290 g/mol. The van der Waals surface area contributed by atoms with E-state index in [1.165, 1.54) is 0 Å². The van der Waals surface area contributed by atoms with Crippen molar-refractivity contribution in [2.75, 3.05) is 26.9 Å². The molecule has 2 aliphatic heterocycles. The lowest BCUT2D eigenvalue weighted by Crippen LogP contribution is -2.42. The van der Waals surface area contributed by atoms with Crippen molar-refractivity contribution in [3.63, 3.8) is 0 Å². The molecule has 0 bridgehead atoms. The van der Waals surface area contributed by atoms with Gasteiger partial charge in [-0.3, -0.25) is 10.1 Å². The third-order valence-corrected chi connectivity index (χ3v) is 4.33. The summed E-state index contributed by atoms with van der Waals surface area (Å²) in [4.78, 5) is 14.3. The minimum absolute atomic E-state index is 0.0368. The van der Waals surface area contributed by atoms with Crippen LogP contribution in [0.25, 0.3) is 0 Å². The van der Waals surface area contributed by atoms with E-state index in [4.69, 9.17) is 9.47 Å². The molecule has 5 nitrogen and oxygen atoms in total. The molecule has 5 heteroatoms. The molecule has 114 valence electrons. The summed E-state index contributed by atoms with van der Waals surface area (Å²) >= 11 is 0. The maximum absolute atomic E-state index is 12.3. The van der Waals surface area contributed by atoms with E-state index in [1.807, 2.05) is 24.0 Å². The molecule has 1 unspecified atom stereocenters. The van der Waals surface area contributed by atoms with Crippen LogP contribution in [0.3, 0.4) is 0 Å². The van der Waals surface area contributed by atoms with E-state index in [0.29, 0.717) is 6.54 Å². The Bertz CT molecular complexity index is 526. The Morgan fingerprint density at radius 3 is 2.76 bits per heavy atom. The third-order valence-electron chi connectivity index (χ3n) is 4.33. The van der Waals surface area contributed by atoms with Gasteiger partial charge in [0.05, 0.1) is 13.7 Å². The molecular formula is C16H22N2O3. The number of methoxy groups -OCH3 is 1. The highest BCUT2D eigenvalue weighted by atomic mass is 16.5. The van der Waals surface area contributed by atoms with Crippen LogP contribution >= 0.6 is 0 Å². The summed E-state index contributed by atoms with van der Waals surface area (Å²) in [6.07, 6.45) is 1.79. The van der Waals surface area contributed by atoms with Crippen LogP contribution in [0, 0.1) is 6.92 Å². The maximum Gasteiger partial charge on any atom is 0.238 e. The number of benzene rings is 1. The van der Waals surface area contributed by atoms with Gasteiger partial charge in [-0.15, -0.1) is 0 Å². The van der Waals surface area contributed by atoms with E-state index in [-0.39, 0.29) is 18.1 Å². The van der Waals surface area contributed by atoms with Gasteiger partial charge in [0.15, 0.2) is 0 Å². The zero-order valence-electron chi connectivity index (χ0n) is 12.6. The summed E-state index contributed by atoms with van der Waals surface area (Å²) in [6, 6.07) is 6.38. The van der Waals surface area contributed by atoms with Crippen molar-refractivity contribution in [2.24, 2.45) is 0 Å². The zero-order valence-corrected chi connectivity index (χ0v) is 12.6. The van der Waals surface area contributed by atoms with Crippen LogP contribution in [0.4, 0.5) is 0 Å². The normalized spacial score (nSPS) is 23.6. The molecule has 2 saturated heterocycles. The van der Waals surface area contributed by atoms with E-state index in [2.05, 4.69) is 11.4 Å². The second-order valence-corrected chi connectivity index (χ2v) is 5.66. The number of carbonyl (C=O) groups is 1. The van der Waals surface area contributed by atoms with Gasteiger partial charge in [0.25, 0.3) is 0 Å². The summed E-state index contributed by atoms with van der Waals surface area (Å²) in [6.45, 7) is 3.91. The second-order valence-electron chi connectivity index (χ2n) is 5.66. The van der Waals surface area contributed by atoms with Gasteiger partial charge in [-0.25, -0.2) is 0 Å². The van der Waals surface area contributed by atoms with Gasteiger partial charge in [-0.1, -0.05) is 6.07 Å². The molecule has 1 amide bonds. The molecule has 0 spiro atoms. The first-order chi connectivity index (χ1) is 10.2. The van der Waals surface area contributed by atoms with E-state index in [9.17, 15) is 4.79 Å². The summed E-state index contributed by atoms with van der Waals surface area (Å²) in [5.74, 6) is 1.06. The lowest BCUT2D eigenvalue weighted by atomic mass is 10.0. The van der Waals surface area contributed by atoms with Crippen LogP contribution in [0.15, 0.2) is 18.2 Å². The molecule has 3 rings (SSSR count). The van der Waals surface area contributed by atoms with Gasteiger partial charge in [-0.2, -0.15) is 0 Å². The van der Waals surface area contributed by atoms with E-state index in [0.717, 1.165) is 42.9 Å². The van der Waals surface area contributed by atoms with Crippen LogP contribution in [0.5, 0.6) is 5.75 Å². The minimum Gasteiger partial charge on any atom is -0.496 e. The molecule has 1 aromatic carbocycles. The number of nitrogens with one attached hydrogen (secondary N) is 1. The van der Waals surface area contributed by atoms with Gasteiger partial charge >= 0.3 is 0 Å². The first-order valence-electron chi connectivity index (χ1n) is 7.47. The van der Waals surface area contributed by atoms with Crippen molar-refractivity contribution in [1.29, 1.82) is 0 Å². The van der Waals surface area contributed by atoms with Crippen molar-refractivity contribution in [3.05, 3.63) is 29.3 Å². The number of ether oxygens (including phenoxy) is 2. The summed E-state index contributed by atoms with van der Waals surface area (Å²) in [5.41, 5.74) is 2.20. The van der Waals surface area contributed by atoms with Gasteiger partial charge in [0.2, 0.25) is 5.91 Å². The Hall–Kier alpha value is -1.59. The predicted octanol–water partition coefficient (Wildman–Crippen LogP) is 1.61. The average molecular weight is 290 g/mol.